The van der Waals surface area contributed by atoms with Crippen LogP contribution in [0.2, 0.25) is 0 Å². The molecule has 1 aromatic carbocycles. The second kappa shape index (κ2) is 5.22. The molecule has 2 heteroatoms. The minimum Gasteiger partial charge on any atom is -0.318 e. The molecule has 11 heavy (non-hydrogen) atoms. The molecular formula is C9H11OS. The van der Waals surface area contributed by atoms with Crippen LogP contribution in [0, 0.1) is 5.75 Å². The third kappa shape index (κ3) is 3.44. The fraction of sp³-hybridized carbons (Fsp3) is 0.222. The third-order valence-corrected chi connectivity index (χ3v) is 1.82. The second-order valence-electron chi connectivity index (χ2n) is 2.12. The van der Waals surface area contributed by atoms with Gasteiger partial charge in [0.25, 0.3) is 0 Å². The average Bonchev–Trinajstić information content (AvgIpc) is 2.07. The van der Waals surface area contributed by atoms with E-state index in [2.05, 4.69) is 12.1 Å². The maximum atomic E-state index is 4.82. The Morgan fingerprint density at radius 2 is 2.09 bits per heavy atom. The van der Waals surface area contributed by atoms with Crippen LogP contribution in [0.25, 0.3) is 0 Å². The van der Waals surface area contributed by atoms with Gasteiger partial charge in [-0.15, -0.1) is 0 Å². The largest absolute Gasteiger partial charge is 0.318 e. The van der Waals surface area contributed by atoms with Crippen LogP contribution in [-0.4, -0.2) is 7.11 Å². The quantitative estimate of drug-likeness (QED) is 0.503. The van der Waals surface area contributed by atoms with Crippen molar-refractivity contribution in [2.45, 2.75) is 6.42 Å². The Bertz CT molecular complexity index is 186. The van der Waals surface area contributed by atoms with Crippen molar-refractivity contribution in [1.82, 2.24) is 0 Å². The highest BCUT2D eigenvalue weighted by molar-refractivity contribution is 7.96. The number of benzene rings is 1. The molecule has 59 valence electrons. The molecule has 0 saturated carbocycles. The van der Waals surface area contributed by atoms with Gasteiger partial charge >= 0.3 is 0 Å². The van der Waals surface area contributed by atoms with Gasteiger partial charge in [-0.2, -0.15) is 0 Å². The van der Waals surface area contributed by atoms with Gasteiger partial charge in [0.1, 0.15) is 0 Å². The zero-order valence-corrected chi connectivity index (χ0v) is 7.30. The van der Waals surface area contributed by atoms with Gasteiger partial charge < -0.3 is 4.18 Å². The lowest BCUT2D eigenvalue weighted by atomic mass is 10.2. The minimum atomic E-state index is 0.958. The van der Waals surface area contributed by atoms with Crippen LogP contribution in [-0.2, 0) is 10.6 Å². The van der Waals surface area contributed by atoms with Crippen LogP contribution in [0.4, 0.5) is 0 Å². The molecule has 0 atom stereocenters. The molecule has 0 fully saturated rings. The van der Waals surface area contributed by atoms with E-state index in [0.29, 0.717) is 0 Å². The lowest BCUT2D eigenvalue weighted by molar-refractivity contribution is 0.492. The highest BCUT2D eigenvalue weighted by Crippen LogP contribution is 2.10. The molecule has 0 aliphatic carbocycles. The summed E-state index contributed by atoms with van der Waals surface area (Å²) in [4.78, 5) is 0. The maximum absolute atomic E-state index is 4.82. The molecule has 1 radical (unpaired) electrons. The van der Waals surface area contributed by atoms with Crippen molar-refractivity contribution < 1.29 is 4.18 Å². The number of rotatable bonds is 4. The molecule has 0 heterocycles. The van der Waals surface area contributed by atoms with E-state index in [1.54, 1.807) is 7.11 Å². The first-order valence-corrected chi connectivity index (χ1v) is 4.29. The first-order valence-electron chi connectivity index (χ1n) is 3.48. The summed E-state index contributed by atoms with van der Waals surface area (Å²) in [6.45, 7) is 0. The van der Waals surface area contributed by atoms with E-state index in [1.165, 1.54) is 17.6 Å². The van der Waals surface area contributed by atoms with Gasteiger partial charge in [-0.1, -0.05) is 30.3 Å². The standard InChI is InChI=1S/C9H11OS/c1-10-11-8-7-9-5-3-2-4-6-9/h2-6,8H,7H2,1H3. The Morgan fingerprint density at radius 3 is 2.73 bits per heavy atom. The van der Waals surface area contributed by atoms with Crippen LogP contribution in [0.5, 0.6) is 0 Å². The van der Waals surface area contributed by atoms with Crippen molar-refractivity contribution in [3.63, 3.8) is 0 Å². The molecule has 0 spiro atoms. The molecule has 0 aliphatic rings. The average molecular weight is 167 g/mol. The van der Waals surface area contributed by atoms with E-state index in [4.69, 9.17) is 4.18 Å². The van der Waals surface area contributed by atoms with Crippen molar-refractivity contribution in [1.29, 1.82) is 0 Å². The Kier molecular flexibility index (Phi) is 4.09. The molecule has 0 saturated heterocycles. The summed E-state index contributed by atoms with van der Waals surface area (Å²) >= 11 is 1.38. The summed E-state index contributed by atoms with van der Waals surface area (Å²) in [5.41, 5.74) is 1.32. The Balaban J connectivity index is 2.28. The molecule has 0 aliphatic heterocycles. The maximum Gasteiger partial charge on any atom is 0.0503 e. The van der Waals surface area contributed by atoms with E-state index in [9.17, 15) is 0 Å². The second-order valence-corrected chi connectivity index (χ2v) is 2.98. The van der Waals surface area contributed by atoms with Crippen molar-refractivity contribution >= 4 is 12.0 Å². The zero-order valence-electron chi connectivity index (χ0n) is 6.49. The normalized spacial score (nSPS) is 9.91. The van der Waals surface area contributed by atoms with E-state index in [1.807, 2.05) is 24.0 Å². The molecule has 1 rings (SSSR count). The SMILES string of the molecule is COS[CH]Cc1ccccc1. The van der Waals surface area contributed by atoms with Gasteiger partial charge in [0.05, 0.1) is 7.11 Å². The predicted octanol–water partition coefficient (Wildman–Crippen LogP) is 2.69. The molecule has 0 N–H and O–H groups in total. The summed E-state index contributed by atoms with van der Waals surface area (Å²) in [5.74, 6) is 2.04. The van der Waals surface area contributed by atoms with Crippen molar-refractivity contribution in [2.24, 2.45) is 0 Å². The van der Waals surface area contributed by atoms with Crippen molar-refractivity contribution in [2.75, 3.05) is 7.11 Å². The van der Waals surface area contributed by atoms with E-state index in [-0.39, 0.29) is 0 Å². The first-order chi connectivity index (χ1) is 5.43. The number of hydrogen-bond donors (Lipinski definition) is 0. The zero-order chi connectivity index (χ0) is 7.94. The Morgan fingerprint density at radius 1 is 1.36 bits per heavy atom. The fourth-order valence-electron chi connectivity index (χ4n) is 0.812. The summed E-state index contributed by atoms with van der Waals surface area (Å²) in [6.07, 6.45) is 0.958. The van der Waals surface area contributed by atoms with Crippen LogP contribution in [0.1, 0.15) is 5.56 Å². The molecule has 0 amide bonds. The fourth-order valence-corrected chi connectivity index (χ4v) is 1.21. The van der Waals surface area contributed by atoms with Crippen molar-refractivity contribution in [3.8, 4) is 0 Å². The molecule has 1 aromatic rings. The topological polar surface area (TPSA) is 9.23 Å². The smallest absolute Gasteiger partial charge is 0.0503 e. The molecule has 0 unspecified atom stereocenters. The Hall–Kier alpha value is -0.470. The van der Waals surface area contributed by atoms with Crippen LogP contribution < -0.4 is 0 Å². The molecule has 0 bridgehead atoms. The van der Waals surface area contributed by atoms with E-state index >= 15 is 0 Å². The lowest BCUT2D eigenvalue weighted by Gasteiger charge is -1.97. The molecule has 1 nitrogen and oxygen atoms in total. The van der Waals surface area contributed by atoms with Gasteiger partial charge in [-0.3, -0.25) is 0 Å². The monoisotopic (exact) mass is 167 g/mol. The lowest BCUT2D eigenvalue weighted by Crippen LogP contribution is -1.81. The third-order valence-electron chi connectivity index (χ3n) is 1.33. The predicted molar refractivity (Wildman–Crippen MR) is 49.0 cm³/mol. The minimum absolute atomic E-state index is 0.958. The van der Waals surface area contributed by atoms with Gasteiger partial charge in [-0.05, 0) is 24.0 Å². The van der Waals surface area contributed by atoms with Crippen LogP contribution in [0.3, 0.4) is 0 Å². The van der Waals surface area contributed by atoms with Crippen LogP contribution >= 0.6 is 12.0 Å². The van der Waals surface area contributed by atoms with Gasteiger partial charge in [-0.25, -0.2) is 0 Å². The van der Waals surface area contributed by atoms with E-state index < -0.39 is 0 Å². The molecular weight excluding hydrogens is 156 g/mol. The highest BCUT2D eigenvalue weighted by Gasteiger charge is 1.90. The highest BCUT2D eigenvalue weighted by atomic mass is 32.2. The summed E-state index contributed by atoms with van der Waals surface area (Å²) in [5, 5.41) is 0. The van der Waals surface area contributed by atoms with E-state index in [0.717, 1.165) is 6.42 Å². The Labute approximate surface area is 72.0 Å². The number of hydrogen-bond acceptors (Lipinski definition) is 2. The van der Waals surface area contributed by atoms with Gasteiger partial charge in [0, 0.05) is 5.75 Å². The van der Waals surface area contributed by atoms with Crippen LogP contribution in [0.15, 0.2) is 30.3 Å². The van der Waals surface area contributed by atoms with Crippen molar-refractivity contribution in [3.05, 3.63) is 41.6 Å². The van der Waals surface area contributed by atoms with Gasteiger partial charge in [0.15, 0.2) is 0 Å². The summed E-state index contributed by atoms with van der Waals surface area (Å²) in [6, 6.07) is 10.3. The molecule has 0 aromatic heterocycles. The van der Waals surface area contributed by atoms with Gasteiger partial charge in [0.2, 0.25) is 0 Å². The first kappa shape index (κ1) is 8.62. The summed E-state index contributed by atoms with van der Waals surface area (Å²) < 4.78 is 4.82. The summed E-state index contributed by atoms with van der Waals surface area (Å²) in [7, 11) is 1.67.